The van der Waals surface area contributed by atoms with Gasteiger partial charge in [-0.3, -0.25) is 0 Å². The molecule has 1 aliphatic rings. The Morgan fingerprint density at radius 3 is 3.09 bits per heavy atom. The molecule has 1 atom stereocenters. The Kier molecular flexibility index (Phi) is 3.83. The average molecular weight is 157 g/mol. The van der Waals surface area contributed by atoms with Gasteiger partial charge in [0.05, 0.1) is 0 Å². The highest BCUT2D eigenvalue weighted by Gasteiger charge is 2.16. The molecule has 1 heterocycles. The van der Waals surface area contributed by atoms with Crippen LogP contribution in [0.3, 0.4) is 0 Å². The summed E-state index contributed by atoms with van der Waals surface area (Å²) < 4.78 is 0. The summed E-state index contributed by atoms with van der Waals surface area (Å²) in [6.07, 6.45) is 1.25. The van der Waals surface area contributed by atoms with Crippen molar-refractivity contribution < 1.29 is 0 Å². The second kappa shape index (κ2) is 4.70. The highest BCUT2D eigenvalue weighted by atomic mass is 15.2. The summed E-state index contributed by atoms with van der Waals surface area (Å²) in [7, 11) is 0. The van der Waals surface area contributed by atoms with E-state index in [-0.39, 0.29) is 0 Å². The van der Waals surface area contributed by atoms with Crippen LogP contribution in [0.5, 0.6) is 0 Å². The highest BCUT2D eigenvalue weighted by Crippen LogP contribution is 1.98. The Bertz CT molecular complexity index is 104. The number of piperazine rings is 1. The van der Waals surface area contributed by atoms with Gasteiger partial charge in [0, 0.05) is 32.2 Å². The topological polar surface area (TPSA) is 41.3 Å². The first-order valence-electron chi connectivity index (χ1n) is 4.52. The van der Waals surface area contributed by atoms with E-state index in [2.05, 4.69) is 17.1 Å². The Hall–Kier alpha value is -0.120. The fraction of sp³-hybridized carbons (Fsp3) is 1.00. The number of hydrogen-bond acceptors (Lipinski definition) is 3. The fourth-order valence-corrected chi connectivity index (χ4v) is 1.57. The van der Waals surface area contributed by atoms with E-state index in [0.717, 1.165) is 19.6 Å². The van der Waals surface area contributed by atoms with Gasteiger partial charge in [0.2, 0.25) is 0 Å². The highest BCUT2D eigenvalue weighted by molar-refractivity contribution is 4.78. The molecule has 66 valence electrons. The van der Waals surface area contributed by atoms with E-state index in [1.165, 1.54) is 19.5 Å². The second-order valence-electron chi connectivity index (χ2n) is 3.19. The van der Waals surface area contributed by atoms with Crippen molar-refractivity contribution in [2.24, 2.45) is 5.73 Å². The summed E-state index contributed by atoms with van der Waals surface area (Å²) >= 11 is 0. The second-order valence-corrected chi connectivity index (χ2v) is 3.19. The van der Waals surface area contributed by atoms with E-state index in [0.29, 0.717) is 6.04 Å². The molecule has 1 saturated heterocycles. The normalized spacial score (nSPS) is 27.3. The van der Waals surface area contributed by atoms with Crippen LogP contribution in [0.2, 0.25) is 0 Å². The summed E-state index contributed by atoms with van der Waals surface area (Å²) in [6, 6.07) is 0.523. The summed E-state index contributed by atoms with van der Waals surface area (Å²) in [5.41, 5.74) is 5.57. The first kappa shape index (κ1) is 8.97. The minimum atomic E-state index is 0.523. The third kappa shape index (κ3) is 2.77. The van der Waals surface area contributed by atoms with Crippen LogP contribution in [0.4, 0.5) is 0 Å². The Labute approximate surface area is 68.9 Å². The Morgan fingerprint density at radius 1 is 1.64 bits per heavy atom. The van der Waals surface area contributed by atoms with Crippen LogP contribution in [0.15, 0.2) is 0 Å². The molecule has 0 radical (unpaired) electrons. The van der Waals surface area contributed by atoms with Gasteiger partial charge in [-0.2, -0.15) is 0 Å². The van der Waals surface area contributed by atoms with Gasteiger partial charge in [0.15, 0.2) is 0 Å². The van der Waals surface area contributed by atoms with Crippen molar-refractivity contribution in [3.05, 3.63) is 0 Å². The molecule has 0 saturated carbocycles. The molecular formula is C8H19N3. The first-order valence-corrected chi connectivity index (χ1v) is 4.52. The molecular weight excluding hydrogens is 138 g/mol. The monoisotopic (exact) mass is 157 g/mol. The first-order chi connectivity index (χ1) is 5.36. The number of hydrogen-bond donors (Lipinski definition) is 2. The minimum Gasteiger partial charge on any atom is -0.329 e. The van der Waals surface area contributed by atoms with Crippen LogP contribution in [-0.2, 0) is 0 Å². The molecule has 0 amide bonds. The quantitative estimate of drug-likeness (QED) is 0.587. The van der Waals surface area contributed by atoms with Crippen molar-refractivity contribution >= 4 is 0 Å². The fourth-order valence-electron chi connectivity index (χ4n) is 1.57. The van der Waals surface area contributed by atoms with Crippen molar-refractivity contribution in [1.82, 2.24) is 10.2 Å². The van der Waals surface area contributed by atoms with Gasteiger partial charge >= 0.3 is 0 Å². The number of nitrogens with two attached hydrogens (primary N) is 1. The number of nitrogens with zero attached hydrogens (tertiary/aromatic N) is 1. The Morgan fingerprint density at radius 2 is 2.45 bits per heavy atom. The van der Waals surface area contributed by atoms with Gasteiger partial charge in [-0.1, -0.05) is 6.92 Å². The van der Waals surface area contributed by atoms with Crippen molar-refractivity contribution in [3.8, 4) is 0 Å². The third-order valence-electron chi connectivity index (χ3n) is 2.16. The molecule has 1 aliphatic heterocycles. The lowest BCUT2D eigenvalue weighted by molar-refractivity contribution is 0.203. The zero-order valence-electron chi connectivity index (χ0n) is 7.34. The van der Waals surface area contributed by atoms with Crippen molar-refractivity contribution in [2.45, 2.75) is 19.4 Å². The number of rotatable bonds is 3. The molecule has 0 aromatic rings. The summed E-state index contributed by atoms with van der Waals surface area (Å²) in [5.74, 6) is 0. The maximum Gasteiger partial charge on any atom is 0.0318 e. The molecule has 3 N–H and O–H groups in total. The lowest BCUT2D eigenvalue weighted by Gasteiger charge is -2.32. The number of nitrogens with one attached hydrogen (secondary N) is 1. The third-order valence-corrected chi connectivity index (χ3v) is 2.16. The van der Waals surface area contributed by atoms with Crippen LogP contribution in [0.25, 0.3) is 0 Å². The maximum absolute atomic E-state index is 5.57. The molecule has 0 aliphatic carbocycles. The summed E-state index contributed by atoms with van der Waals surface area (Å²) in [6.45, 7) is 7.62. The Balaban J connectivity index is 2.21. The van der Waals surface area contributed by atoms with Crippen LogP contribution >= 0.6 is 0 Å². The molecule has 0 aromatic carbocycles. The van der Waals surface area contributed by atoms with E-state index >= 15 is 0 Å². The molecule has 1 fully saturated rings. The predicted octanol–water partition coefficient (Wildman–Crippen LogP) is -0.371. The van der Waals surface area contributed by atoms with Gasteiger partial charge < -0.3 is 16.0 Å². The van der Waals surface area contributed by atoms with E-state index in [1.54, 1.807) is 0 Å². The molecule has 0 spiro atoms. The molecule has 3 heteroatoms. The SMILES string of the molecule is CCCN1CCNC(CN)C1. The lowest BCUT2D eigenvalue weighted by Crippen LogP contribution is -2.53. The molecule has 1 rings (SSSR count). The van der Waals surface area contributed by atoms with Gasteiger partial charge in [-0.05, 0) is 13.0 Å². The van der Waals surface area contributed by atoms with E-state index in [9.17, 15) is 0 Å². The van der Waals surface area contributed by atoms with Gasteiger partial charge in [-0.15, -0.1) is 0 Å². The molecule has 1 unspecified atom stereocenters. The average Bonchev–Trinajstić information content (AvgIpc) is 2.06. The zero-order chi connectivity index (χ0) is 8.10. The zero-order valence-corrected chi connectivity index (χ0v) is 7.34. The largest absolute Gasteiger partial charge is 0.329 e. The summed E-state index contributed by atoms with van der Waals surface area (Å²) in [4.78, 5) is 2.48. The predicted molar refractivity (Wildman–Crippen MR) is 47.6 cm³/mol. The van der Waals surface area contributed by atoms with Crippen LogP contribution in [-0.4, -0.2) is 43.7 Å². The van der Waals surface area contributed by atoms with Gasteiger partial charge in [0.25, 0.3) is 0 Å². The van der Waals surface area contributed by atoms with Crippen LogP contribution < -0.4 is 11.1 Å². The molecule has 11 heavy (non-hydrogen) atoms. The van der Waals surface area contributed by atoms with E-state index < -0.39 is 0 Å². The minimum absolute atomic E-state index is 0.523. The molecule has 3 nitrogen and oxygen atoms in total. The van der Waals surface area contributed by atoms with Crippen LogP contribution in [0.1, 0.15) is 13.3 Å². The standard InChI is InChI=1S/C8H19N3/c1-2-4-11-5-3-10-8(6-9)7-11/h8,10H,2-7,9H2,1H3. The smallest absolute Gasteiger partial charge is 0.0318 e. The van der Waals surface area contributed by atoms with E-state index in [4.69, 9.17) is 5.73 Å². The maximum atomic E-state index is 5.57. The molecule has 0 bridgehead atoms. The van der Waals surface area contributed by atoms with Gasteiger partial charge in [0.1, 0.15) is 0 Å². The van der Waals surface area contributed by atoms with Gasteiger partial charge in [-0.25, -0.2) is 0 Å². The van der Waals surface area contributed by atoms with Crippen LogP contribution in [0, 0.1) is 0 Å². The van der Waals surface area contributed by atoms with Crippen molar-refractivity contribution in [2.75, 3.05) is 32.7 Å². The van der Waals surface area contributed by atoms with Crippen molar-refractivity contribution in [1.29, 1.82) is 0 Å². The molecule has 0 aromatic heterocycles. The van der Waals surface area contributed by atoms with E-state index in [1.807, 2.05) is 0 Å². The van der Waals surface area contributed by atoms with Crippen molar-refractivity contribution in [3.63, 3.8) is 0 Å². The summed E-state index contributed by atoms with van der Waals surface area (Å²) in [5, 5.41) is 3.39. The lowest BCUT2D eigenvalue weighted by atomic mass is 10.2.